The molecule has 0 spiro atoms. The molecule has 2 unspecified atom stereocenters. The van der Waals surface area contributed by atoms with Crippen LogP contribution in [0.4, 0.5) is 0 Å². The van der Waals surface area contributed by atoms with Crippen LogP contribution in [0.1, 0.15) is 108 Å². The van der Waals surface area contributed by atoms with Crippen LogP contribution in [0.3, 0.4) is 0 Å². The number of para-hydroxylation sites is 1. The second kappa shape index (κ2) is 13.2. The zero-order valence-electron chi connectivity index (χ0n) is 32.6. The van der Waals surface area contributed by atoms with Gasteiger partial charge in [0.25, 0.3) is 0 Å². The fourth-order valence-corrected chi connectivity index (χ4v) is 7.45. The molecule has 0 amide bonds. The number of benzene rings is 6. The van der Waals surface area contributed by atoms with Crippen LogP contribution >= 0.6 is 0 Å². The van der Waals surface area contributed by atoms with Gasteiger partial charge in [-0.25, -0.2) is 0 Å². The number of nitrogens with zero attached hydrogens (tertiary/aromatic N) is 1. The molecular formula is C48H57NO. The normalized spacial score (nSPS) is 14.5. The number of hydrogen-bond acceptors (Lipinski definition) is 2. The molecule has 0 aliphatic heterocycles. The highest BCUT2D eigenvalue weighted by molar-refractivity contribution is 6.33. The van der Waals surface area contributed by atoms with E-state index in [0.29, 0.717) is 5.92 Å². The van der Waals surface area contributed by atoms with Gasteiger partial charge < -0.3 is 4.42 Å². The molecule has 0 saturated heterocycles. The largest absolute Gasteiger partial charge is 0.455 e. The highest BCUT2D eigenvalue weighted by atomic mass is 16.3. The molecule has 2 heteroatoms. The van der Waals surface area contributed by atoms with Gasteiger partial charge in [-0.15, -0.1) is 0 Å². The van der Waals surface area contributed by atoms with Crippen LogP contribution in [-0.2, 0) is 0 Å². The average Bonchev–Trinajstić information content (AvgIpc) is 3.47. The fraction of sp³-hybridized carbons (Fsp3) is 0.396. The maximum Gasteiger partial charge on any atom is 0.143 e. The van der Waals surface area contributed by atoms with Crippen LogP contribution in [0.25, 0.3) is 65.4 Å². The Balaban J connectivity index is 0.00000212. The van der Waals surface area contributed by atoms with E-state index in [4.69, 9.17) is 9.41 Å². The molecule has 0 fully saturated rings. The van der Waals surface area contributed by atoms with Crippen LogP contribution in [0, 0.1) is 22.2 Å². The summed E-state index contributed by atoms with van der Waals surface area (Å²) in [6.45, 7) is 27.5. The summed E-state index contributed by atoms with van der Waals surface area (Å²) in [4.78, 5) is 5.69. The Kier molecular flexibility index (Phi) is 9.40. The molecule has 0 radical (unpaired) electrons. The zero-order valence-corrected chi connectivity index (χ0v) is 32.6. The molecule has 6 aromatic carbocycles. The highest BCUT2D eigenvalue weighted by Crippen LogP contribution is 2.50. The molecule has 0 N–H and O–H groups in total. The minimum Gasteiger partial charge on any atom is -0.455 e. The van der Waals surface area contributed by atoms with Crippen molar-refractivity contribution in [3.63, 3.8) is 0 Å². The molecule has 7 rings (SSSR count). The van der Waals surface area contributed by atoms with Gasteiger partial charge in [0.15, 0.2) is 0 Å². The van der Waals surface area contributed by atoms with Gasteiger partial charge in [0, 0.05) is 27.3 Å². The number of furan rings is 1. The SMILES string of the molecule is CC.CC(=NC(c1ccc2ccc3c4oc5ccccc5c4cc4c(-c5ccccc5)cc1c2c43)C(C)(C)CCC(C)C(C)(C)C)C(C)(C)C. The molecule has 260 valence electrons. The Morgan fingerprint density at radius 3 is 2.02 bits per heavy atom. The van der Waals surface area contributed by atoms with Crippen LogP contribution in [0.15, 0.2) is 100 Å². The first-order valence-corrected chi connectivity index (χ1v) is 18.8. The van der Waals surface area contributed by atoms with Crippen LogP contribution < -0.4 is 0 Å². The van der Waals surface area contributed by atoms with Crippen molar-refractivity contribution in [3.8, 4) is 11.1 Å². The Hall–Kier alpha value is -4.17. The van der Waals surface area contributed by atoms with Crippen molar-refractivity contribution in [2.75, 3.05) is 0 Å². The molecule has 0 aliphatic rings. The van der Waals surface area contributed by atoms with Gasteiger partial charge in [-0.3, -0.25) is 4.99 Å². The molecule has 2 atom stereocenters. The molecule has 0 saturated carbocycles. The van der Waals surface area contributed by atoms with Crippen LogP contribution in [0.5, 0.6) is 0 Å². The van der Waals surface area contributed by atoms with Crippen LogP contribution in [0.2, 0.25) is 0 Å². The number of hydrogen-bond donors (Lipinski definition) is 0. The second-order valence-electron chi connectivity index (χ2n) is 17.1. The molecule has 1 heterocycles. The minimum absolute atomic E-state index is 0.00306. The van der Waals surface area contributed by atoms with Crippen molar-refractivity contribution in [2.24, 2.45) is 27.2 Å². The average molecular weight is 664 g/mol. The van der Waals surface area contributed by atoms with Gasteiger partial charge in [0.1, 0.15) is 11.2 Å². The Labute approximate surface area is 300 Å². The lowest BCUT2D eigenvalue weighted by atomic mass is 9.71. The molecule has 0 bridgehead atoms. The van der Waals surface area contributed by atoms with E-state index in [1.165, 1.54) is 66.5 Å². The van der Waals surface area contributed by atoms with Crippen molar-refractivity contribution < 1.29 is 4.42 Å². The second-order valence-corrected chi connectivity index (χ2v) is 17.1. The first-order valence-electron chi connectivity index (χ1n) is 18.8. The predicted octanol–water partition coefficient (Wildman–Crippen LogP) is 15.2. The van der Waals surface area contributed by atoms with E-state index in [2.05, 4.69) is 160 Å². The van der Waals surface area contributed by atoms with E-state index in [1.807, 2.05) is 13.8 Å². The van der Waals surface area contributed by atoms with Gasteiger partial charge in [-0.1, -0.05) is 143 Å². The molecule has 0 aliphatic carbocycles. The first kappa shape index (κ1) is 35.6. The van der Waals surface area contributed by atoms with E-state index in [-0.39, 0.29) is 22.3 Å². The quantitative estimate of drug-likeness (QED) is 0.123. The third kappa shape index (κ3) is 6.32. The van der Waals surface area contributed by atoms with Gasteiger partial charge in [0.05, 0.1) is 6.04 Å². The molecule has 1 aromatic heterocycles. The fourth-order valence-electron chi connectivity index (χ4n) is 7.45. The lowest BCUT2D eigenvalue weighted by molar-refractivity contribution is 0.187. The number of aliphatic imine (C=N–C) groups is 1. The van der Waals surface area contributed by atoms with Gasteiger partial charge in [-0.05, 0) is 104 Å². The van der Waals surface area contributed by atoms with E-state index < -0.39 is 0 Å². The van der Waals surface area contributed by atoms with E-state index in [0.717, 1.165) is 23.0 Å². The van der Waals surface area contributed by atoms with E-state index in [9.17, 15) is 0 Å². The summed E-state index contributed by atoms with van der Waals surface area (Å²) < 4.78 is 6.64. The third-order valence-corrected chi connectivity index (χ3v) is 11.5. The smallest absolute Gasteiger partial charge is 0.143 e. The topological polar surface area (TPSA) is 25.5 Å². The molecule has 50 heavy (non-hydrogen) atoms. The standard InChI is InChI=1S/C46H51NO.C2H6/c1-28(44(3,4)5)24-25-46(9,10)43(47-29(2)45(6,7)8)33-22-20-31-21-23-34-41-37(27-38-32-18-14-15-19-39(32)48-42(34)38)35(26-36(33)40(31)41)30-16-12-11-13-17-30;1-2/h11-23,26-28,43H,24-25H2,1-10H3;1-2H3. The van der Waals surface area contributed by atoms with Crippen molar-refractivity contribution in [2.45, 2.75) is 102 Å². The summed E-state index contributed by atoms with van der Waals surface area (Å²) in [7, 11) is 0. The lowest BCUT2D eigenvalue weighted by Gasteiger charge is -2.37. The van der Waals surface area contributed by atoms with Crippen LogP contribution in [-0.4, -0.2) is 5.71 Å². The summed E-state index contributed by atoms with van der Waals surface area (Å²) >= 11 is 0. The summed E-state index contributed by atoms with van der Waals surface area (Å²) in [5, 5.41) is 9.94. The molecule has 2 nitrogen and oxygen atoms in total. The Bertz CT molecular complexity index is 2300. The van der Waals surface area contributed by atoms with Crippen molar-refractivity contribution in [1.82, 2.24) is 0 Å². The predicted molar refractivity (Wildman–Crippen MR) is 221 cm³/mol. The van der Waals surface area contributed by atoms with Gasteiger partial charge in [0.2, 0.25) is 0 Å². The zero-order chi connectivity index (χ0) is 36.2. The highest BCUT2D eigenvalue weighted by Gasteiger charge is 2.35. The summed E-state index contributed by atoms with van der Waals surface area (Å²) in [5.41, 5.74) is 7.10. The van der Waals surface area contributed by atoms with Crippen molar-refractivity contribution in [3.05, 3.63) is 96.6 Å². The maximum atomic E-state index is 6.64. The van der Waals surface area contributed by atoms with Gasteiger partial charge >= 0.3 is 0 Å². The minimum atomic E-state index is -0.0617. The maximum absolute atomic E-state index is 6.64. The third-order valence-electron chi connectivity index (χ3n) is 11.5. The van der Waals surface area contributed by atoms with Crippen molar-refractivity contribution >= 4 is 60.0 Å². The molecule has 7 aromatic rings. The van der Waals surface area contributed by atoms with Gasteiger partial charge in [-0.2, -0.15) is 0 Å². The van der Waals surface area contributed by atoms with Crippen molar-refractivity contribution in [1.29, 1.82) is 0 Å². The van der Waals surface area contributed by atoms with E-state index >= 15 is 0 Å². The number of fused-ring (bicyclic) bond motifs is 4. The molecular weight excluding hydrogens is 607 g/mol. The van der Waals surface area contributed by atoms with E-state index in [1.54, 1.807) is 0 Å². The summed E-state index contributed by atoms with van der Waals surface area (Å²) in [6, 6.07) is 33.5. The Morgan fingerprint density at radius 1 is 0.680 bits per heavy atom. The monoisotopic (exact) mass is 663 g/mol. The summed E-state index contributed by atoms with van der Waals surface area (Å²) in [5.74, 6) is 0.613. The lowest BCUT2D eigenvalue weighted by Crippen LogP contribution is -2.27. The Morgan fingerprint density at radius 2 is 1.34 bits per heavy atom. The first-order chi connectivity index (χ1) is 23.6. The number of rotatable bonds is 7. The summed E-state index contributed by atoms with van der Waals surface area (Å²) in [6.07, 6.45) is 2.27.